The number of rotatable bonds is 3. The molecule has 3 N–H and O–H groups in total. The zero-order valence-corrected chi connectivity index (χ0v) is 8.12. The Balaban J connectivity index is 1.71. The Hall–Kier alpha value is -0.570. The first kappa shape index (κ1) is 9.00. The molecule has 2 fully saturated rings. The van der Waals surface area contributed by atoms with Crippen LogP contribution in [-0.2, 0) is 4.79 Å². The van der Waals surface area contributed by atoms with Crippen LogP contribution in [-0.4, -0.2) is 18.5 Å². The Morgan fingerprint density at radius 1 is 1.46 bits per heavy atom. The molecule has 3 heteroatoms. The molecule has 0 bridgehead atoms. The van der Waals surface area contributed by atoms with Gasteiger partial charge < -0.3 is 11.1 Å². The molecule has 2 aliphatic carbocycles. The summed E-state index contributed by atoms with van der Waals surface area (Å²) >= 11 is 0. The highest BCUT2D eigenvalue weighted by atomic mass is 16.1. The lowest BCUT2D eigenvalue weighted by atomic mass is 10.0. The molecular formula is C10H18N2O. The first-order chi connectivity index (χ1) is 6.16. The molecule has 3 unspecified atom stereocenters. The van der Waals surface area contributed by atoms with Crippen molar-refractivity contribution >= 4 is 5.91 Å². The molecule has 0 aliphatic heterocycles. The van der Waals surface area contributed by atoms with Gasteiger partial charge in [0, 0.05) is 18.5 Å². The largest absolute Gasteiger partial charge is 0.354 e. The van der Waals surface area contributed by atoms with Gasteiger partial charge in [0.15, 0.2) is 0 Å². The topological polar surface area (TPSA) is 55.1 Å². The number of carbonyl (C=O) groups excluding carboxylic acids is 1. The second-order valence-corrected chi connectivity index (χ2v) is 4.65. The van der Waals surface area contributed by atoms with Crippen LogP contribution in [0.5, 0.6) is 0 Å². The minimum absolute atomic E-state index is 0.0693. The van der Waals surface area contributed by atoms with Gasteiger partial charge in [-0.3, -0.25) is 4.79 Å². The zero-order chi connectivity index (χ0) is 9.42. The summed E-state index contributed by atoms with van der Waals surface area (Å²) in [6, 6.07) is 0.0693. The van der Waals surface area contributed by atoms with Crippen molar-refractivity contribution < 1.29 is 4.79 Å². The lowest BCUT2D eigenvalue weighted by molar-refractivity contribution is -0.125. The van der Waals surface area contributed by atoms with Crippen molar-refractivity contribution in [2.24, 2.45) is 23.5 Å². The Morgan fingerprint density at radius 3 is 2.62 bits per heavy atom. The minimum atomic E-state index is 0.0693. The highest BCUT2D eigenvalue weighted by Crippen LogP contribution is 2.54. The minimum Gasteiger partial charge on any atom is -0.354 e. The maximum absolute atomic E-state index is 11.5. The van der Waals surface area contributed by atoms with Crippen LogP contribution in [0.2, 0.25) is 0 Å². The van der Waals surface area contributed by atoms with E-state index in [1.165, 1.54) is 6.42 Å². The Labute approximate surface area is 79.1 Å². The smallest absolute Gasteiger partial charge is 0.223 e. The second kappa shape index (κ2) is 3.29. The molecule has 13 heavy (non-hydrogen) atoms. The summed E-state index contributed by atoms with van der Waals surface area (Å²) in [4.78, 5) is 11.5. The molecule has 0 radical (unpaired) electrons. The third kappa shape index (κ3) is 2.02. The van der Waals surface area contributed by atoms with E-state index in [0.717, 1.165) is 24.7 Å². The van der Waals surface area contributed by atoms with Crippen LogP contribution >= 0.6 is 0 Å². The van der Waals surface area contributed by atoms with E-state index in [2.05, 4.69) is 5.32 Å². The lowest BCUT2D eigenvalue weighted by Gasteiger charge is -2.13. The van der Waals surface area contributed by atoms with Gasteiger partial charge in [-0.2, -0.15) is 0 Å². The molecule has 0 aromatic rings. The quantitative estimate of drug-likeness (QED) is 0.667. The third-order valence-corrected chi connectivity index (χ3v) is 3.21. The normalized spacial score (nSPS) is 38.2. The molecule has 0 saturated heterocycles. The fourth-order valence-corrected chi connectivity index (χ4v) is 2.33. The molecule has 0 heterocycles. The van der Waals surface area contributed by atoms with Crippen LogP contribution in [0.3, 0.4) is 0 Å². The van der Waals surface area contributed by atoms with E-state index in [1.807, 2.05) is 6.92 Å². The van der Waals surface area contributed by atoms with Crippen LogP contribution < -0.4 is 11.1 Å². The number of hydrogen-bond donors (Lipinski definition) is 2. The van der Waals surface area contributed by atoms with Gasteiger partial charge in [0.25, 0.3) is 0 Å². The van der Waals surface area contributed by atoms with E-state index < -0.39 is 0 Å². The van der Waals surface area contributed by atoms with Gasteiger partial charge >= 0.3 is 0 Å². The van der Waals surface area contributed by atoms with Crippen molar-refractivity contribution in [3.8, 4) is 0 Å². The van der Waals surface area contributed by atoms with Crippen LogP contribution in [0.1, 0.15) is 26.2 Å². The third-order valence-electron chi connectivity index (χ3n) is 3.21. The van der Waals surface area contributed by atoms with E-state index in [-0.39, 0.29) is 11.9 Å². The fraction of sp³-hybridized carbons (Fsp3) is 0.900. The van der Waals surface area contributed by atoms with Gasteiger partial charge in [-0.15, -0.1) is 0 Å². The molecule has 3 nitrogen and oxygen atoms in total. The maximum atomic E-state index is 11.5. The summed E-state index contributed by atoms with van der Waals surface area (Å²) in [7, 11) is 0. The van der Waals surface area contributed by atoms with Crippen molar-refractivity contribution in [3.63, 3.8) is 0 Å². The molecule has 74 valence electrons. The predicted molar refractivity (Wildman–Crippen MR) is 51.0 cm³/mol. The van der Waals surface area contributed by atoms with Crippen LogP contribution in [0, 0.1) is 17.8 Å². The van der Waals surface area contributed by atoms with Crippen molar-refractivity contribution in [2.45, 2.75) is 32.2 Å². The van der Waals surface area contributed by atoms with Crippen LogP contribution in [0.25, 0.3) is 0 Å². The Morgan fingerprint density at radius 2 is 2.08 bits per heavy atom. The summed E-state index contributed by atoms with van der Waals surface area (Å²) in [5, 5.41) is 2.90. The molecule has 3 atom stereocenters. The molecule has 0 aromatic heterocycles. The van der Waals surface area contributed by atoms with Gasteiger partial charge in [-0.25, -0.2) is 0 Å². The standard InChI is InChI=1S/C10H18N2O/c1-6(11)5-12-10(13)9-3-7-2-8(7)4-9/h6-9H,2-5,11H2,1H3,(H,12,13). The molecule has 0 aromatic carbocycles. The van der Waals surface area contributed by atoms with Gasteiger partial charge in [-0.05, 0) is 38.0 Å². The lowest BCUT2D eigenvalue weighted by Crippen LogP contribution is -2.38. The first-order valence-corrected chi connectivity index (χ1v) is 5.20. The molecule has 2 rings (SSSR count). The zero-order valence-electron chi connectivity index (χ0n) is 8.12. The van der Waals surface area contributed by atoms with E-state index in [1.54, 1.807) is 0 Å². The van der Waals surface area contributed by atoms with Gasteiger partial charge in [0.2, 0.25) is 5.91 Å². The Bertz CT molecular complexity index is 205. The average Bonchev–Trinajstić information content (AvgIpc) is 2.69. The molecular weight excluding hydrogens is 164 g/mol. The highest BCUT2D eigenvalue weighted by Gasteiger charge is 2.47. The second-order valence-electron chi connectivity index (χ2n) is 4.65. The number of hydrogen-bond acceptors (Lipinski definition) is 2. The summed E-state index contributed by atoms with van der Waals surface area (Å²) in [6.07, 6.45) is 3.61. The number of amides is 1. The summed E-state index contributed by atoms with van der Waals surface area (Å²) in [5.74, 6) is 2.28. The fourth-order valence-electron chi connectivity index (χ4n) is 2.33. The number of fused-ring (bicyclic) bond motifs is 1. The van der Waals surface area contributed by atoms with Crippen molar-refractivity contribution in [3.05, 3.63) is 0 Å². The van der Waals surface area contributed by atoms with E-state index in [0.29, 0.717) is 12.5 Å². The monoisotopic (exact) mass is 182 g/mol. The van der Waals surface area contributed by atoms with Crippen molar-refractivity contribution in [2.75, 3.05) is 6.54 Å². The predicted octanol–water partition coefficient (Wildman–Crippen LogP) is 0.496. The van der Waals surface area contributed by atoms with Crippen molar-refractivity contribution in [1.29, 1.82) is 0 Å². The van der Waals surface area contributed by atoms with Crippen LogP contribution in [0.4, 0.5) is 0 Å². The number of nitrogens with one attached hydrogen (secondary N) is 1. The number of carbonyl (C=O) groups is 1. The molecule has 2 saturated carbocycles. The van der Waals surface area contributed by atoms with Gasteiger partial charge in [0.05, 0.1) is 0 Å². The van der Waals surface area contributed by atoms with Gasteiger partial charge in [0.1, 0.15) is 0 Å². The van der Waals surface area contributed by atoms with Crippen LogP contribution in [0.15, 0.2) is 0 Å². The first-order valence-electron chi connectivity index (χ1n) is 5.20. The average molecular weight is 182 g/mol. The molecule has 0 spiro atoms. The molecule has 2 aliphatic rings. The number of nitrogens with two attached hydrogens (primary N) is 1. The van der Waals surface area contributed by atoms with Gasteiger partial charge in [-0.1, -0.05) is 0 Å². The summed E-state index contributed by atoms with van der Waals surface area (Å²) in [6.45, 7) is 2.52. The maximum Gasteiger partial charge on any atom is 0.223 e. The van der Waals surface area contributed by atoms with E-state index in [4.69, 9.17) is 5.73 Å². The Kier molecular flexibility index (Phi) is 2.28. The van der Waals surface area contributed by atoms with E-state index in [9.17, 15) is 4.79 Å². The summed E-state index contributed by atoms with van der Waals surface area (Å²) in [5.41, 5.74) is 5.56. The van der Waals surface area contributed by atoms with E-state index >= 15 is 0 Å². The van der Waals surface area contributed by atoms with Crippen molar-refractivity contribution in [1.82, 2.24) is 5.32 Å². The SMILES string of the molecule is CC(N)CNC(=O)C1CC2CC2C1. The highest BCUT2D eigenvalue weighted by molar-refractivity contribution is 5.79. The molecule has 1 amide bonds. The summed E-state index contributed by atoms with van der Waals surface area (Å²) < 4.78 is 0.